The van der Waals surface area contributed by atoms with Crippen LogP contribution in [0.25, 0.3) is 10.9 Å². The predicted octanol–water partition coefficient (Wildman–Crippen LogP) is 2.85. The Labute approximate surface area is 134 Å². The first-order chi connectivity index (χ1) is 11.3. The summed E-state index contributed by atoms with van der Waals surface area (Å²) in [5.41, 5.74) is 4.18. The third-order valence-corrected chi connectivity index (χ3v) is 4.15. The number of morpholine rings is 1. The molecule has 3 heterocycles. The molecule has 6 heteroatoms. The number of aromatic nitrogens is 3. The van der Waals surface area contributed by atoms with Crippen molar-refractivity contribution in [2.75, 3.05) is 36.5 Å². The number of rotatable bonds is 3. The van der Waals surface area contributed by atoms with Crippen molar-refractivity contribution in [3.8, 4) is 0 Å². The average Bonchev–Trinajstić information content (AvgIpc) is 2.99. The van der Waals surface area contributed by atoms with Crippen LogP contribution in [0.4, 0.5) is 17.2 Å². The number of nitrogens with zero attached hydrogens (tertiary/aromatic N) is 3. The Morgan fingerprint density at radius 1 is 1.13 bits per heavy atom. The highest BCUT2D eigenvalue weighted by atomic mass is 16.5. The highest BCUT2D eigenvalue weighted by molar-refractivity contribution is 5.92. The van der Waals surface area contributed by atoms with E-state index in [1.165, 1.54) is 5.69 Å². The maximum absolute atomic E-state index is 5.40. The zero-order valence-electron chi connectivity index (χ0n) is 13.0. The smallest absolute Gasteiger partial charge is 0.141 e. The summed E-state index contributed by atoms with van der Waals surface area (Å²) in [4.78, 5) is 6.79. The maximum atomic E-state index is 5.40. The molecule has 0 aliphatic carbocycles. The largest absolute Gasteiger partial charge is 0.378 e. The van der Waals surface area contributed by atoms with E-state index in [0.29, 0.717) is 0 Å². The van der Waals surface area contributed by atoms with Crippen molar-refractivity contribution < 1.29 is 4.74 Å². The minimum Gasteiger partial charge on any atom is -0.378 e. The lowest BCUT2D eigenvalue weighted by atomic mass is 10.2. The first-order valence-electron chi connectivity index (χ1n) is 7.81. The van der Waals surface area contributed by atoms with E-state index < -0.39 is 0 Å². The molecule has 0 saturated carbocycles. The molecule has 1 fully saturated rings. The van der Waals surface area contributed by atoms with Crippen molar-refractivity contribution >= 4 is 28.1 Å². The van der Waals surface area contributed by atoms with Gasteiger partial charge in [0.25, 0.3) is 0 Å². The van der Waals surface area contributed by atoms with Crippen LogP contribution < -0.4 is 10.2 Å². The molecule has 3 aromatic rings. The third-order valence-electron chi connectivity index (χ3n) is 4.15. The van der Waals surface area contributed by atoms with Gasteiger partial charge in [-0.25, -0.2) is 4.98 Å². The second-order valence-electron chi connectivity index (χ2n) is 5.67. The highest BCUT2D eigenvalue weighted by Gasteiger charge is 2.12. The molecule has 0 bridgehead atoms. The number of aryl methyl sites for hydroxylation is 1. The minimum atomic E-state index is 0.797. The second kappa shape index (κ2) is 5.89. The third kappa shape index (κ3) is 2.73. The lowest BCUT2D eigenvalue weighted by Gasteiger charge is -2.28. The Kier molecular flexibility index (Phi) is 3.59. The van der Waals surface area contributed by atoms with Gasteiger partial charge in [0.05, 0.1) is 24.1 Å². The highest BCUT2D eigenvalue weighted by Crippen LogP contribution is 2.26. The van der Waals surface area contributed by atoms with Gasteiger partial charge in [0.2, 0.25) is 0 Å². The van der Waals surface area contributed by atoms with Gasteiger partial charge in [0, 0.05) is 36.4 Å². The van der Waals surface area contributed by atoms with Crippen LogP contribution in [0.3, 0.4) is 0 Å². The fourth-order valence-electron chi connectivity index (χ4n) is 2.92. The van der Waals surface area contributed by atoms with Crippen LogP contribution >= 0.6 is 0 Å². The second-order valence-corrected chi connectivity index (χ2v) is 5.67. The normalized spacial score (nSPS) is 15.1. The van der Waals surface area contributed by atoms with Gasteiger partial charge in [0.1, 0.15) is 5.82 Å². The SMILES string of the molecule is Cc1[nH]nc2ccnc(Nc3ccc(N4CCOCC4)cc3)c12. The number of benzene rings is 1. The Hall–Kier alpha value is -2.60. The number of nitrogens with one attached hydrogen (secondary N) is 2. The molecule has 0 radical (unpaired) electrons. The summed E-state index contributed by atoms with van der Waals surface area (Å²) in [6.45, 7) is 5.49. The van der Waals surface area contributed by atoms with E-state index in [4.69, 9.17) is 4.74 Å². The monoisotopic (exact) mass is 309 g/mol. The summed E-state index contributed by atoms with van der Waals surface area (Å²) < 4.78 is 5.40. The van der Waals surface area contributed by atoms with Gasteiger partial charge < -0.3 is 15.0 Å². The van der Waals surface area contributed by atoms with Crippen molar-refractivity contribution in [3.63, 3.8) is 0 Å². The molecule has 23 heavy (non-hydrogen) atoms. The number of fused-ring (bicyclic) bond motifs is 1. The van der Waals surface area contributed by atoms with Gasteiger partial charge >= 0.3 is 0 Å². The molecular formula is C17H19N5O. The molecule has 6 nitrogen and oxygen atoms in total. The molecule has 4 rings (SSSR count). The topological polar surface area (TPSA) is 66.1 Å². The molecule has 1 aliphatic rings. The van der Waals surface area contributed by atoms with Gasteiger partial charge in [0.15, 0.2) is 0 Å². The predicted molar refractivity (Wildman–Crippen MR) is 91.4 cm³/mol. The van der Waals surface area contributed by atoms with E-state index in [-0.39, 0.29) is 0 Å². The molecular weight excluding hydrogens is 290 g/mol. The molecule has 1 saturated heterocycles. The van der Waals surface area contributed by atoms with Crippen molar-refractivity contribution in [3.05, 3.63) is 42.2 Å². The number of anilines is 3. The molecule has 1 aromatic carbocycles. The molecule has 2 N–H and O–H groups in total. The van der Waals surface area contributed by atoms with Crippen molar-refractivity contribution in [1.29, 1.82) is 0 Å². The number of hydrogen-bond donors (Lipinski definition) is 2. The number of ether oxygens (including phenoxy) is 1. The van der Waals surface area contributed by atoms with Crippen molar-refractivity contribution in [2.45, 2.75) is 6.92 Å². The standard InChI is InChI=1S/C17H19N5O/c1-12-16-15(21-20-12)6-7-18-17(16)19-13-2-4-14(5-3-13)22-8-10-23-11-9-22/h2-7H,8-11H2,1H3,(H,18,19)(H,20,21). The van der Waals surface area contributed by atoms with Gasteiger partial charge in [-0.15, -0.1) is 0 Å². The van der Waals surface area contributed by atoms with Crippen LogP contribution in [0.2, 0.25) is 0 Å². The first-order valence-corrected chi connectivity index (χ1v) is 7.81. The Morgan fingerprint density at radius 2 is 1.91 bits per heavy atom. The van der Waals surface area contributed by atoms with E-state index in [1.54, 1.807) is 6.20 Å². The Balaban J connectivity index is 1.57. The van der Waals surface area contributed by atoms with E-state index in [1.807, 2.05) is 13.0 Å². The van der Waals surface area contributed by atoms with Crippen LogP contribution in [0.15, 0.2) is 36.5 Å². The first kappa shape index (κ1) is 14.0. The fourth-order valence-corrected chi connectivity index (χ4v) is 2.92. The quantitative estimate of drug-likeness (QED) is 0.779. The summed E-state index contributed by atoms with van der Waals surface area (Å²) in [6, 6.07) is 10.3. The summed E-state index contributed by atoms with van der Waals surface area (Å²) in [5.74, 6) is 0.827. The summed E-state index contributed by atoms with van der Waals surface area (Å²) in [5, 5.41) is 11.7. The maximum Gasteiger partial charge on any atom is 0.141 e. The van der Waals surface area contributed by atoms with Gasteiger partial charge in [-0.05, 0) is 37.3 Å². The molecule has 0 atom stereocenters. The summed E-state index contributed by atoms with van der Waals surface area (Å²) in [7, 11) is 0. The number of hydrogen-bond acceptors (Lipinski definition) is 5. The van der Waals surface area contributed by atoms with Crippen LogP contribution in [0.5, 0.6) is 0 Å². The molecule has 2 aromatic heterocycles. The lowest BCUT2D eigenvalue weighted by Crippen LogP contribution is -2.36. The van der Waals surface area contributed by atoms with Crippen LogP contribution in [-0.2, 0) is 4.74 Å². The van der Waals surface area contributed by atoms with E-state index in [9.17, 15) is 0 Å². The zero-order chi connectivity index (χ0) is 15.6. The average molecular weight is 309 g/mol. The van der Waals surface area contributed by atoms with Gasteiger partial charge in [-0.3, -0.25) is 5.10 Å². The van der Waals surface area contributed by atoms with Gasteiger partial charge in [-0.1, -0.05) is 0 Å². The number of H-pyrrole nitrogens is 1. The van der Waals surface area contributed by atoms with Crippen LogP contribution in [-0.4, -0.2) is 41.5 Å². The number of pyridine rings is 1. The summed E-state index contributed by atoms with van der Waals surface area (Å²) in [6.07, 6.45) is 1.77. The van der Waals surface area contributed by atoms with Crippen molar-refractivity contribution in [1.82, 2.24) is 15.2 Å². The lowest BCUT2D eigenvalue weighted by molar-refractivity contribution is 0.122. The Bertz CT molecular complexity index is 805. The minimum absolute atomic E-state index is 0.797. The molecule has 0 spiro atoms. The summed E-state index contributed by atoms with van der Waals surface area (Å²) >= 11 is 0. The molecule has 1 aliphatic heterocycles. The van der Waals surface area contributed by atoms with Crippen molar-refractivity contribution in [2.24, 2.45) is 0 Å². The van der Waals surface area contributed by atoms with E-state index in [0.717, 1.165) is 54.4 Å². The Morgan fingerprint density at radius 3 is 2.70 bits per heavy atom. The zero-order valence-corrected chi connectivity index (χ0v) is 13.0. The van der Waals surface area contributed by atoms with E-state index in [2.05, 4.69) is 49.7 Å². The molecule has 118 valence electrons. The number of aromatic amines is 1. The fraction of sp³-hybridized carbons (Fsp3) is 0.294. The van der Waals surface area contributed by atoms with E-state index >= 15 is 0 Å². The molecule has 0 unspecified atom stereocenters. The van der Waals surface area contributed by atoms with Gasteiger partial charge in [-0.2, -0.15) is 5.10 Å². The molecule has 0 amide bonds. The van der Waals surface area contributed by atoms with Crippen LogP contribution in [0.1, 0.15) is 5.69 Å². The van der Waals surface area contributed by atoms with Crippen LogP contribution in [0, 0.1) is 6.92 Å².